The molecule has 0 aliphatic heterocycles. The van der Waals surface area contributed by atoms with Gasteiger partial charge >= 0.3 is 5.97 Å². The van der Waals surface area contributed by atoms with Crippen LogP contribution in [0.15, 0.2) is 0 Å². The molecule has 1 aromatic heterocycles. The van der Waals surface area contributed by atoms with Crippen LogP contribution < -0.4 is 4.72 Å². The van der Waals surface area contributed by atoms with E-state index in [2.05, 4.69) is 9.71 Å². The molecule has 1 heterocycles. The summed E-state index contributed by atoms with van der Waals surface area (Å²) in [5, 5.41) is 9.10. The lowest BCUT2D eigenvalue weighted by molar-refractivity contribution is -0.142. The summed E-state index contributed by atoms with van der Waals surface area (Å²) in [6.07, 6.45) is 1.35. The minimum Gasteiger partial charge on any atom is -0.481 e. The van der Waals surface area contributed by atoms with Gasteiger partial charge in [0.05, 0.1) is 10.9 Å². The summed E-state index contributed by atoms with van der Waals surface area (Å²) in [5.74, 6) is -0.988. The highest BCUT2D eigenvalue weighted by Gasteiger charge is 2.38. The first-order valence-corrected chi connectivity index (χ1v) is 8.24. The Morgan fingerprint density at radius 2 is 2.05 bits per heavy atom. The second kappa shape index (κ2) is 4.45. The summed E-state index contributed by atoms with van der Waals surface area (Å²) >= 11 is 1.17. The van der Waals surface area contributed by atoms with Gasteiger partial charge in [0.2, 0.25) is 10.0 Å². The average molecular weight is 304 g/mol. The Morgan fingerprint density at radius 1 is 1.47 bits per heavy atom. The lowest BCUT2D eigenvalue weighted by Gasteiger charge is -2.17. The number of hydrogen-bond donors (Lipinski definition) is 2. The fraction of sp³-hybridized carbons (Fsp3) is 0.636. The van der Waals surface area contributed by atoms with Crippen molar-refractivity contribution in [2.24, 2.45) is 0 Å². The van der Waals surface area contributed by atoms with Crippen molar-refractivity contribution < 1.29 is 18.3 Å². The molecule has 19 heavy (non-hydrogen) atoms. The molecule has 2 N–H and O–H groups in total. The Labute approximate surface area is 115 Å². The molecule has 0 bridgehead atoms. The van der Waals surface area contributed by atoms with E-state index in [9.17, 15) is 18.3 Å². The molecule has 0 spiro atoms. The van der Waals surface area contributed by atoms with Gasteiger partial charge < -0.3 is 5.11 Å². The highest BCUT2D eigenvalue weighted by molar-refractivity contribution is 7.93. The van der Waals surface area contributed by atoms with E-state index in [1.165, 1.54) is 11.3 Å². The fourth-order valence-electron chi connectivity index (χ4n) is 1.70. The Morgan fingerprint density at radius 3 is 2.53 bits per heavy atom. The van der Waals surface area contributed by atoms with Crippen molar-refractivity contribution in [1.82, 2.24) is 4.98 Å². The first kappa shape index (κ1) is 14.3. The third kappa shape index (κ3) is 2.74. The number of thiazole rings is 1. The number of sulfonamides is 1. The summed E-state index contributed by atoms with van der Waals surface area (Å²) in [6, 6.07) is 0. The van der Waals surface area contributed by atoms with Gasteiger partial charge in [0.15, 0.2) is 5.13 Å². The van der Waals surface area contributed by atoms with Crippen molar-refractivity contribution in [1.29, 1.82) is 0 Å². The summed E-state index contributed by atoms with van der Waals surface area (Å²) in [7, 11) is -3.36. The number of aliphatic carboxylic acids is 1. The fourth-order valence-corrected chi connectivity index (χ4v) is 4.26. The van der Waals surface area contributed by atoms with Crippen LogP contribution in [0.2, 0.25) is 0 Å². The third-order valence-corrected chi connectivity index (χ3v) is 5.96. The van der Waals surface area contributed by atoms with Gasteiger partial charge in [0.25, 0.3) is 0 Å². The quantitative estimate of drug-likeness (QED) is 0.863. The maximum atomic E-state index is 11.8. The third-order valence-electron chi connectivity index (χ3n) is 3.12. The van der Waals surface area contributed by atoms with E-state index < -0.39 is 21.4 Å². The molecule has 0 amide bonds. The van der Waals surface area contributed by atoms with E-state index in [1.54, 1.807) is 20.8 Å². The van der Waals surface area contributed by atoms with Gasteiger partial charge in [-0.25, -0.2) is 13.4 Å². The van der Waals surface area contributed by atoms with Crippen molar-refractivity contribution >= 4 is 32.5 Å². The molecule has 1 saturated carbocycles. The molecular weight excluding hydrogens is 288 g/mol. The van der Waals surface area contributed by atoms with Crippen molar-refractivity contribution in [3.05, 3.63) is 10.6 Å². The minimum absolute atomic E-state index is 0.244. The standard InChI is InChI=1S/C11H16N2O4S2/c1-6-8(11(2,3)9(14)15)12-10(18-6)13-19(16,17)7-4-5-7/h7H,4-5H2,1-3H3,(H,12,13)(H,14,15). The number of carboxylic acids is 1. The zero-order valence-corrected chi connectivity index (χ0v) is 12.6. The van der Waals surface area contributed by atoms with Crippen LogP contribution in [0.1, 0.15) is 37.3 Å². The van der Waals surface area contributed by atoms with Crippen LogP contribution in [0.4, 0.5) is 5.13 Å². The molecule has 0 aromatic carbocycles. The zero-order valence-electron chi connectivity index (χ0n) is 10.9. The van der Waals surface area contributed by atoms with Crippen molar-refractivity contribution in [2.45, 2.75) is 44.3 Å². The number of aryl methyl sites for hydroxylation is 1. The van der Waals surface area contributed by atoms with Crippen molar-refractivity contribution in [2.75, 3.05) is 4.72 Å². The van der Waals surface area contributed by atoms with Crippen LogP contribution in [-0.2, 0) is 20.2 Å². The SMILES string of the molecule is Cc1sc(NS(=O)(=O)C2CC2)nc1C(C)(C)C(=O)O. The average Bonchev–Trinajstić information content (AvgIpc) is 3.04. The van der Waals surface area contributed by atoms with Gasteiger partial charge in [-0.1, -0.05) is 0 Å². The lowest BCUT2D eigenvalue weighted by atomic mass is 9.89. The van der Waals surface area contributed by atoms with Crippen LogP contribution in [0.5, 0.6) is 0 Å². The Kier molecular flexibility index (Phi) is 3.34. The summed E-state index contributed by atoms with van der Waals surface area (Å²) < 4.78 is 26.1. The number of rotatable bonds is 5. The molecule has 1 fully saturated rings. The van der Waals surface area contributed by atoms with E-state index in [0.717, 1.165) is 0 Å². The van der Waals surface area contributed by atoms with Crippen LogP contribution in [0.3, 0.4) is 0 Å². The second-order valence-corrected chi connectivity index (χ2v) is 8.36. The molecule has 0 atom stereocenters. The van der Waals surface area contributed by atoms with Crippen LogP contribution in [0.25, 0.3) is 0 Å². The molecule has 6 nitrogen and oxygen atoms in total. The Bertz CT molecular complexity index is 615. The molecule has 8 heteroatoms. The number of aromatic nitrogens is 1. The molecule has 1 aromatic rings. The Hall–Kier alpha value is -1.15. The topological polar surface area (TPSA) is 96.4 Å². The van der Waals surface area contributed by atoms with Crippen LogP contribution in [0, 0.1) is 6.92 Å². The number of anilines is 1. The van der Waals surface area contributed by atoms with E-state index in [-0.39, 0.29) is 10.4 Å². The second-order valence-electron chi connectivity index (χ2n) is 5.20. The van der Waals surface area contributed by atoms with E-state index in [0.29, 0.717) is 23.4 Å². The maximum Gasteiger partial charge on any atom is 0.315 e. The van der Waals surface area contributed by atoms with Crippen molar-refractivity contribution in [3.8, 4) is 0 Å². The molecule has 0 radical (unpaired) electrons. The summed E-state index contributed by atoms with van der Waals surface area (Å²) in [5.41, 5.74) is -0.734. The largest absolute Gasteiger partial charge is 0.481 e. The number of carboxylic acid groups (broad SMARTS) is 1. The van der Waals surface area contributed by atoms with Gasteiger partial charge in [0.1, 0.15) is 5.41 Å². The number of hydrogen-bond acceptors (Lipinski definition) is 5. The molecular formula is C11H16N2O4S2. The summed E-state index contributed by atoms with van der Waals surface area (Å²) in [6.45, 7) is 4.85. The minimum atomic E-state index is -3.36. The maximum absolute atomic E-state index is 11.8. The first-order chi connectivity index (χ1) is 8.64. The van der Waals surface area contributed by atoms with Gasteiger partial charge in [-0.05, 0) is 33.6 Å². The smallest absolute Gasteiger partial charge is 0.315 e. The van der Waals surface area contributed by atoms with E-state index in [4.69, 9.17) is 0 Å². The molecule has 106 valence electrons. The molecule has 0 unspecified atom stereocenters. The van der Waals surface area contributed by atoms with Crippen LogP contribution >= 0.6 is 11.3 Å². The predicted molar refractivity (Wildman–Crippen MR) is 73.1 cm³/mol. The monoisotopic (exact) mass is 304 g/mol. The van der Waals surface area contributed by atoms with Gasteiger partial charge in [-0.2, -0.15) is 0 Å². The first-order valence-electron chi connectivity index (χ1n) is 5.87. The van der Waals surface area contributed by atoms with Crippen LogP contribution in [-0.4, -0.2) is 29.7 Å². The van der Waals surface area contributed by atoms with Crippen molar-refractivity contribution in [3.63, 3.8) is 0 Å². The highest BCUT2D eigenvalue weighted by Crippen LogP contribution is 2.35. The molecule has 2 rings (SSSR count). The highest BCUT2D eigenvalue weighted by atomic mass is 32.2. The summed E-state index contributed by atoms with van der Waals surface area (Å²) in [4.78, 5) is 16.1. The Balaban J connectivity index is 2.29. The predicted octanol–water partition coefficient (Wildman–Crippen LogP) is 1.72. The normalized spacial score (nSPS) is 16.4. The number of carbonyl (C=O) groups is 1. The number of nitrogens with zero attached hydrogens (tertiary/aromatic N) is 1. The molecule has 1 aliphatic carbocycles. The van der Waals surface area contributed by atoms with E-state index >= 15 is 0 Å². The van der Waals surface area contributed by atoms with E-state index in [1.807, 2.05) is 0 Å². The zero-order chi connectivity index (χ0) is 14.4. The molecule has 0 saturated heterocycles. The lowest BCUT2D eigenvalue weighted by Crippen LogP contribution is -2.29. The van der Waals surface area contributed by atoms with Gasteiger partial charge in [0, 0.05) is 4.88 Å². The molecule has 1 aliphatic rings. The van der Waals surface area contributed by atoms with Gasteiger partial charge in [-0.15, -0.1) is 11.3 Å². The van der Waals surface area contributed by atoms with Gasteiger partial charge in [-0.3, -0.25) is 9.52 Å². The number of nitrogens with one attached hydrogen (secondary N) is 1.